The lowest BCUT2D eigenvalue weighted by Crippen LogP contribution is -2.28. The van der Waals surface area contributed by atoms with E-state index in [0.29, 0.717) is 6.10 Å². The number of benzene rings is 1. The van der Waals surface area contributed by atoms with Crippen molar-refractivity contribution in [3.8, 4) is 5.75 Å². The molecule has 0 heterocycles. The second-order valence-electron chi connectivity index (χ2n) is 6.93. The molecule has 20 heavy (non-hydrogen) atoms. The molecule has 2 aliphatic rings. The van der Waals surface area contributed by atoms with Crippen molar-refractivity contribution in [1.29, 1.82) is 0 Å². The van der Waals surface area contributed by atoms with Crippen LogP contribution in [0, 0.1) is 11.8 Å². The van der Waals surface area contributed by atoms with Crippen LogP contribution >= 0.6 is 0 Å². The Hall–Kier alpha value is -1.02. The third kappa shape index (κ3) is 3.01. The summed E-state index contributed by atoms with van der Waals surface area (Å²) in [5.41, 5.74) is 2.38. The first-order valence-corrected chi connectivity index (χ1v) is 8.09. The van der Waals surface area contributed by atoms with Gasteiger partial charge in [0.2, 0.25) is 0 Å². The smallest absolute Gasteiger partial charge is 0.120 e. The first-order chi connectivity index (χ1) is 9.61. The van der Waals surface area contributed by atoms with Gasteiger partial charge in [0.15, 0.2) is 0 Å². The zero-order valence-corrected chi connectivity index (χ0v) is 12.6. The Labute approximate surface area is 122 Å². The van der Waals surface area contributed by atoms with Gasteiger partial charge in [0.05, 0.1) is 12.2 Å². The molecule has 0 aliphatic heterocycles. The average Bonchev–Trinajstić information content (AvgIpc) is 2.38. The van der Waals surface area contributed by atoms with E-state index in [2.05, 4.69) is 32.0 Å². The molecule has 0 bridgehead atoms. The fourth-order valence-corrected chi connectivity index (χ4v) is 3.99. The molecule has 1 aromatic carbocycles. The largest absolute Gasteiger partial charge is 0.490 e. The minimum atomic E-state index is -0.300. The van der Waals surface area contributed by atoms with Crippen molar-refractivity contribution < 1.29 is 9.84 Å². The number of rotatable bonds is 2. The van der Waals surface area contributed by atoms with Crippen LogP contribution in [0.15, 0.2) is 18.2 Å². The van der Waals surface area contributed by atoms with Crippen molar-refractivity contribution in [1.82, 2.24) is 0 Å². The predicted molar refractivity (Wildman–Crippen MR) is 80.9 cm³/mol. The highest BCUT2D eigenvalue weighted by atomic mass is 16.5. The van der Waals surface area contributed by atoms with Crippen LogP contribution in [0.4, 0.5) is 0 Å². The Kier molecular flexibility index (Phi) is 4.02. The standard InChI is InChI=1S/C18H26O2/c1-12-8-13(2)10-16(9-12)20-15-7-6-14-4-3-5-18(19)17(14)11-15/h6-7,11-13,16,18-19H,3-5,8-10H2,1-2H3. The molecule has 1 fully saturated rings. The summed E-state index contributed by atoms with van der Waals surface area (Å²) in [6.07, 6.45) is 6.74. The summed E-state index contributed by atoms with van der Waals surface area (Å²) in [5, 5.41) is 10.1. The third-order valence-corrected chi connectivity index (χ3v) is 4.84. The molecule has 0 radical (unpaired) electrons. The number of hydrogen-bond donors (Lipinski definition) is 1. The van der Waals surface area contributed by atoms with E-state index in [4.69, 9.17) is 4.74 Å². The van der Waals surface area contributed by atoms with Crippen molar-refractivity contribution in [3.05, 3.63) is 29.3 Å². The molecule has 3 unspecified atom stereocenters. The Morgan fingerprint density at radius 3 is 2.60 bits per heavy atom. The summed E-state index contributed by atoms with van der Waals surface area (Å²) in [6, 6.07) is 6.30. The minimum absolute atomic E-state index is 0.300. The molecule has 0 amide bonds. The summed E-state index contributed by atoms with van der Waals surface area (Å²) in [4.78, 5) is 0. The molecule has 3 rings (SSSR count). The van der Waals surface area contributed by atoms with Gasteiger partial charge in [0.25, 0.3) is 0 Å². The second kappa shape index (κ2) is 5.77. The van der Waals surface area contributed by atoms with Crippen LogP contribution in [0.2, 0.25) is 0 Å². The summed E-state index contributed by atoms with van der Waals surface area (Å²) >= 11 is 0. The number of fused-ring (bicyclic) bond motifs is 1. The maximum atomic E-state index is 10.1. The van der Waals surface area contributed by atoms with Crippen LogP contribution in [0.3, 0.4) is 0 Å². The van der Waals surface area contributed by atoms with Crippen molar-refractivity contribution in [2.24, 2.45) is 11.8 Å². The maximum Gasteiger partial charge on any atom is 0.120 e. The van der Waals surface area contributed by atoms with Crippen LogP contribution in [-0.4, -0.2) is 11.2 Å². The molecule has 2 aliphatic carbocycles. The van der Waals surface area contributed by atoms with Crippen LogP contribution < -0.4 is 4.74 Å². The highest BCUT2D eigenvalue weighted by molar-refractivity contribution is 5.38. The molecule has 0 spiro atoms. The number of aliphatic hydroxyl groups excluding tert-OH is 1. The van der Waals surface area contributed by atoms with Gasteiger partial charge in [-0.25, -0.2) is 0 Å². The monoisotopic (exact) mass is 274 g/mol. The van der Waals surface area contributed by atoms with Gasteiger partial charge in [-0.15, -0.1) is 0 Å². The predicted octanol–water partition coefficient (Wildman–Crippen LogP) is 4.26. The molecule has 3 atom stereocenters. The molecule has 0 saturated heterocycles. The molecular formula is C18H26O2. The van der Waals surface area contributed by atoms with Gasteiger partial charge >= 0.3 is 0 Å². The fraction of sp³-hybridized carbons (Fsp3) is 0.667. The van der Waals surface area contributed by atoms with E-state index in [1.807, 2.05) is 0 Å². The number of ether oxygens (including phenoxy) is 1. The van der Waals surface area contributed by atoms with Gasteiger partial charge in [0.1, 0.15) is 5.75 Å². The van der Waals surface area contributed by atoms with E-state index < -0.39 is 0 Å². The van der Waals surface area contributed by atoms with E-state index >= 15 is 0 Å². The van der Waals surface area contributed by atoms with Crippen molar-refractivity contribution in [2.45, 2.75) is 64.6 Å². The third-order valence-electron chi connectivity index (χ3n) is 4.84. The molecule has 2 nitrogen and oxygen atoms in total. The SMILES string of the molecule is CC1CC(C)CC(Oc2ccc3c(c2)C(O)CCC3)C1. The lowest BCUT2D eigenvalue weighted by atomic mass is 9.82. The van der Waals surface area contributed by atoms with E-state index in [-0.39, 0.29) is 6.10 Å². The van der Waals surface area contributed by atoms with E-state index in [0.717, 1.165) is 55.3 Å². The molecule has 0 aromatic heterocycles. The van der Waals surface area contributed by atoms with E-state index in [1.165, 1.54) is 12.0 Å². The average molecular weight is 274 g/mol. The molecule has 2 heteroatoms. The fourth-order valence-electron chi connectivity index (χ4n) is 3.99. The van der Waals surface area contributed by atoms with Gasteiger partial charge < -0.3 is 9.84 Å². The maximum absolute atomic E-state index is 10.1. The topological polar surface area (TPSA) is 29.5 Å². The first-order valence-electron chi connectivity index (χ1n) is 8.09. The van der Waals surface area contributed by atoms with Gasteiger partial charge in [-0.3, -0.25) is 0 Å². The van der Waals surface area contributed by atoms with Gasteiger partial charge in [-0.05, 0) is 73.6 Å². The highest BCUT2D eigenvalue weighted by Crippen LogP contribution is 2.35. The van der Waals surface area contributed by atoms with Crippen LogP contribution in [0.5, 0.6) is 5.75 Å². The first kappa shape index (κ1) is 13.9. The Morgan fingerprint density at radius 2 is 1.85 bits per heavy atom. The van der Waals surface area contributed by atoms with Crippen molar-refractivity contribution in [3.63, 3.8) is 0 Å². The number of hydrogen-bond acceptors (Lipinski definition) is 2. The van der Waals surface area contributed by atoms with Crippen LogP contribution in [-0.2, 0) is 6.42 Å². The van der Waals surface area contributed by atoms with Crippen LogP contribution in [0.1, 0.15) is 63.2 Å². The highest BCUT2D eigenvalue weighted by Gasteiger charge is 2.26. The molecule has 1 saturated carbocycles. The van der Waals surface area contributed by atoms with Gasteiger partial charge in [-0.1, -0.05) is 19.9 Å². The summed E-state index contributed by atoms with van der Waals surface area (Å²) in [6.45, 7) is 4.64. The van der Waals surface area contributed by atoms with Gasteiger partial charge in [-0.2, -0.15) is 0 Å². The molecule has 110 valence electrons. The normalized spacial score (nSPS) is 33.5. The van der Waals surface area contributed by atoms with Crippen LogP contribution in [0.25, 0.3) is 0 Å². The lowest BCUT2D eigenvalue weighted by Gasteiger charge is -2.32. The summed E-state index contributed by atoms with van der Waals surface area (Å²) < 4.78 is 6.20. The second-order valence-corrected chi connectivity index (χ2v) is 6.93. The Bertz CT molecular complexity index is 458. The zero-order chi connectivity index (χ0) is 14.1. The van der Waals surface area contributed by atoms with E-state index in [1.54, 1.807) is 0 Å². The Morgan fingerprint density at radius 1 is 1.10 bits per heavy atom. The summed E-state index contributed by atoms with van der Waals surface area (Å²) in [7, 11) is 0. The molecule has 1 aromatic rings. The van der Waals surface area contributed by atoms with Crippen molar-refractivity contribution >= 4 is 0 Å². The molecule has 1 N–H and O–H groups in total. The van der Waals surface area contributed by atoms with E-state index in [9.17, 15) is 5.11 Å². The molecular weight excluding hydrogens is 248 g/mol. The number of aliphatic hydroxyl groups is 1. The quantitative estimate of drug-likeness (QED) is 0.873. The lowest BCUT2D eigenvalue weighted by molar-refractivity contribution is 0.100. The number of aryl methyl sites for hydroxylation is 1. The van der Waals surface area contributed by atoms with Crippen molar-refractivity contribution in [2.75, 3.05) is 0 Å². The minimum Gasteiger partial charge on any atom is -0.490 e. The van der Waals surface area contributed by atoms with Gasteiger partial charge in [0, 0.05) is 0 Å². The Balaban J connectivity index is 1.73. The zero-order valence-electron chi connectivity index (χ0n) is 12.6. The summed E-state index contributed by atoms with van der Waals surface area (Å²) in [5.74, 6) is 2.45.